The topological polar surface area (TPSA) is 68.3 Å². The van der Waals surface area contributed by atoms with E-state index in [1.807, 2.05) is 66.4 Å². The maximum Gasteiger partial charge on any atom is 0.329 e. The first-order valence-corrected chi connectivity index (χ1v) is 10.8. The first kappa shape index (κ1) is 20.2. The molecule has 2 heterocycles. The zero-order chi connectivity index (χ0) is 19.9. The van der Waals surface area contributed by atoms with Gasteiger partial charge in [0.15, 0.2) is 0 Å². The normalized spacial score (nSPS) is 12.0. The Hall–Kier alpha value is -2.51. The molecule has 0 aliphatic heterocycles. The lowest BCUT2D eigenvalue weighted by Crippen LogP contribution is -2.45. The van der Waals surface area contributed by atoms with E-state index in [0.717, 1.165) is 16.1 Å². The highest BCUT2D eigenvalue weighted by Crippen LogP contribution is 2.26. The molecule has 0 fully saturated rings. The molecule has 0 saturated heterocycles. The fourth-order valence-corrected chi connectivity index (χ4v) is 4.15. The third-order valence-electron chi connectivity index (χ3n) is 4.13. The SMILES string of the molecule is CC(C)[C@H](NC(=O)Cc1ccccc1)C(=O)OCc1csc(-c2ccsc2)n1. The summed E-state index contributed by atoms with van der Waals surface area (Å²) in [4.78, 5) is 29.3. The highest BCUT2D eigenvalue weighted by molar-refractivity contribution is 7.14. The van der Waals surface area contributed by atoms with Crippen LogP contribution < -0.4 is 5.32 Å². The van der Waals surface area contributed by atoms with Crippen LogP contribution in [0.3, 0.4) is 0 Å². The largest absolute Gasteiger partial charge is 0.458 e. The number of nitrogens with zero attached hydrogens (tertiary/aromatic N) is 1. The molecule has 3 aromatic rings. The lowest BCUT2D eigenvalue weighted by Gasteiger charge is -2.20. The molecule has 3 rings (SSSR count). The van der Waals surface area contributed by atoms with Crippen molar-refractivity contribution >= 4 is 34.6 Å². The highest BCUT2D eigenvalue weighted by atomic mass is 32.1. The summed E-state index contributed by atoms with van der Waals surface area (Å²) >= 11 is 3.14. The van der Waals surface area contributed by atoms with Crippen LogP contribution in [-0.2, 0) is 27.4 Å². The second-order valence-corrected chi connectivity index (χ2v) is 8.35. The average Bonchev–Trinajstić information content (AvgIpc) is 3.36. The Kier molecular flexibility index (Phi) is 6.95. The number of thiophene rings is 1. The van der Waals surface area contributed by atoms with Gasteiger partial charge in [0.2, 0.25) is 5.91 Å². The van der Waals surface area contributed by atoms with Crippen LogP contribution >= 0.6 is 22.7 Å². The summed E-state index contributed by atoms with van der Waals surface area (Å²) in [7, 11) is 0. The van der Waals surface area contributed by atoms with E-state index in [1.54, 1.807) is 11.3 Å². The molecule has 1 atom stereocenters. The van der Waals surface area contributed by atoms with E-state index < -0.39 is 12.0 Å². The van der Waals surface area contributed by atoms with E-state index in [1.165, 1.54) is 11.3 Å². The van der Waals surface area contributed by atoms with E-state index >= 15 is 0 Å². The third-order valence-corrected chi connectivity index (χ3v) is 5.75. The maximum absolute atomic E-state index is 12.5. The monoisotopic (exact) mass is 414 g/mol. The van der Waals surface area contributed by atoms with Crippen LogP contribution in [-0.4, -0.2) is 22.9 Å². The number of ether oxygens (including phenoxy) is 1. The minimum atomic E-state index is -0.689. The Bertz CT molecular complexity index is 905. The standard InChI is InChI=1S/C21H22N2O3S2/c1-14(2)19(23-18(24)10-15-6-4-3-5-7-15)21(25)26-11-17-13-28-20(22-17)16-8-9-27-12-16/h3-9,12-14,19H,10-11H2,1-2H3,(H,23,24)/t19-/m0/s1. The molecule has 7 heteroatoms. The first-order chi connectivity index (χ1) is 13.5. The second kappa shape index (κ2) is 9.61. The number of benzene rings is 1. The molecule has 146 valence electrons. The predicted octanol–water partition coefficient (Wildman–Crippen LogP) is 4.30. The zero-order valence-corrected chi connectivity index (χ0v) is 17.4. The van der Waals surface area contributed by atoms with Crippen molar-refractivity contribution in [2.24, 2.45) is 5.92 Å². The van der Waals surface area contributed by atoms with Gasteiger partial charge in [-0.1, -0.05) is 44.2 Å². The molecule has 0 radical (unpaired) electrons. The van der Waals surface area contributed by atoms with Gasteiger partial charge in [0.25, 0.3) is 0 Å². The summed E-state index contributed by atoms with van der Waals surface area (Å²) in [6.45, 7) is 3.86. The lowest BCUT2D eigenvalue weighted by molar-refractivity contribution is -0.150. The molecular weight excluding hydrogens is 392 g/mol. The van der Waals surface area contributed by atoms with Gasteiger partial charge < -0.3 is 10.1 Å². The summed E-state index contributed by atoms with van der Waals surface area (Å²) in [6, 6.07) is 10.8. The van der Waals surface area contributed by atoms with Crippen molar-refractivity contribution in [3.05, 3.63) is 63.8 Å². The molecule has 0 aliphatic carbocycles. The van der Waals surface area contributed by atoms with Gasteiger partial charge >= 0.3 is 5.97 Å². The molecule has 28 heavy (non-hydrogen) atoms. The van der Waals surface area contributed by atoms with Crippen LogP contribution in [0.15, 0.2) is 52.5 Å². The van der Waals surface area contributed by atoms with Gasteiger partial charge in [0, 0.05) is 16.3 Å². The predicted molar refractivity (Wildman–Crippen MR) is 112 cm³/mol. The van der Waals surface area contributed by atoms with Gasteiger partial charge in [-0.2, -0.15) is 11.3 Å². The quantitative estimate of drug-likeness (QED) is 0.558. The highest BCUT2D eigenvalue weighted by Gasteiger charge is 2.26. The van der Waals surface area contributed by atoms with Crippen LogP contribution in [0.5, 0.6) is 0 Å². The number of aromatic nitrogens is 1. The van der Waals surface area contributed by atoms with Crippen molar-refractivity contribution in [1.29, 1.82) is 0 Å². The van der Waals surface area contributed by atoms with Crippen molar-refractivity contribution in [3.63, 3.8) is 0 Å². The van der Waals surface area contributed by atoms with Gasteiger partial charge in [0.05, 0.1) is 12.1 Å². The van der Waals surface area contributed by atoms with Crippen molar-refractivity contribution in [1.82, 2.24) is 10.3 Å². The minimum Gasteiger partial charge on any atom is -0.458 e. The second-order valence-electron chi connectivity index (χ2n) is 6.72. The number of carbonyl (C=O) groups is 2. The molecule has 0 aliphatic rings. The number of thiazole rings is 1. The number of nitrogens with one attached hydrogen (secondary N) is 1. The fraction of sp³-hybridized carbons (Fsp3) is 0.286. The Balaban J connectivity index is 1.55. The van der Waals surface area contributed by atoms with Crippen molar-refractivity contribution in [2.75, 3.05) is 0 Å². The van der Waals surface area contributed by atoms with Crippen molar-refractivity contribution in [3.8, 4) is 10.6 Å². The van der Waals surface area contributed by atoms with Crippen LogP contribution in [0.1, 0.15) is 25.1 Å². The summed E-state index contributed by atoms with van der Waals surface area (Å²) < 4.78 is 5.43. The molecule has 0 bridgehead atoms. The van der Waals surface area contributed by atoms with Crippen molar-refractivity contribution in [2.45, 2.75) is 32.9 Å². The fourth-order valence-electron chi connectivity index (χ4n) is 2.63. The Labute approximate surface area is 172 Å². The van der Waals surface area contributed by atoms with Crippen LogP contribution in [0.25, 0.3) is 10.6 Å². The summed E-state index contributed by atoms with van der Waals surface area (Å²) in [5.41, 5.74) is 2.68. The third kappa shape index (κ3) is 5.50. The van der Waals surface area contributed by atoms with Gasteiger partial charge in [0.1, 0.15) is 17.7 Å². The van der Waals surface area contributed by atoms with Gasteiger partial charge in [-0.25, -0.2) is 9.78 Å². The molecule has 1 aromatic carbocycles. The lowest BCUT2D eigenvalue weighted by atomic mass is 10.0. The number of carbonyl (C=O) groups excluding carboxylic acids is 2. The minimum absolute atomic E-state index is 0.0796. The molecule has 0 spiro atoms. The van der Waals surface area contributed by atoms with E-state index in [4.69, 9.17) is 4.74 Å². The number of rotatable bonds is 8. The molecule has 5 nitrogen and oxygen atoms in total. The Morgan fingerprint density at radius 2 is 1.93 bits per heavy atom. The first-order valence-electron chi connectivity index (χ1n) is 9.00. The van der Waals surface area contributed by atoms with Crippen LogP contribution in [0, 0.1) is 5.92 Å². The maximum atomic E-state index is 12.5. The van der Waals surface area contributed by atoms with E-state index in [-0.39, 0.29) is 24.9 Å². The molecular formula is C21H22N2O3S2. The smallest absolute Gasteiger partial charge is 0.329 e. The Morgan fingerprint density at radius 1 is 1.14 bits per heavy atom. The average molecular weight is 415 g/mol. The molecule has 1 amide bonds. The zero-order valence-electron chi connectivity index (χ0n) is 15.8. The Morgan fingerprint density at radius 3 is 2.61 bits per heavy atom. The summed E-state index contributed by atoms with van der Waals surface area (Å²) in [5.74, 6) is -0.722. The van der Waals surface area contributed by atoms with E-state index in [2.05, 4.69) is 10.3 Å². The number of esters is 1. The van der Waals surface area contributed by atoms with Gasteiger partial charge in [-0.3, -0.25) is 4.79 Å². The summed E-state index contributed by atoms with van der Waals surface area (Å²) in [6.07, 6.45) is 0.230. The molecule has 2 aromatic heterocycles. The van der Waals surface area contributed by atoms with Crippen LogP contribution in [0.2, 0.25) is 0 Å². The van der Waals surface area contributed by atoms with Gasteiger partial charge in [-0.15, -0.1) is 11.3 Å². The van der Waals surface area contributed by atoms with Gasteiger partial charge in [-0.05, 0) is 22.9 Å². The number of amides is 1. The van der Waals surface area contributed by atoms with E-state index in [9.17, 15) is 9.59 Å². The van der Waals surface area contributed by atoms with E-state index in [0.29, 0.717) is 5.69 Å². The molecule has 0 saturated carbocycles. The van der Waals surface area contributed by atoms with Crippen LogP contribution in [0.4, 0.5) is 0 Å². The summed E-state index contributed by atoms with van der Waals surface area (Å²) in [5, 5.41) is 9.63. The molecule has 0 unspecified atom stereocenters. The number of hydrogen-bond acceptors (Lipinski definition) is 6. The molecule has 1 N–H and O–H groups in total. The number of hydrogen-bond donors (Lipinski definition) is 1. The van der Waals surface area contributed by atoms with Crippen molar-refractivity contribution < 1.29 is 14.3 Å².